The van der Waals surface area contributed by atoms with Gasteiger partial charge in [-0.25, -0.2) is 4.79 Å². The Bertz CT molecular complexity index is 2450. The third-order valence-corrected chi connectivity index (χ3v) is 10.8. The molecule has 2 N–H and O–H groups in total. The molecule has 324 valence electrons. The number of hydrogen-bond acceptors (Lipinski definition) is 7. The van der Waals surface area contributed by atoms with Gasteiger partial charge in [-0.1, -0.05) is 103 Å². The number of benzene rings is 5. The van der Waals surface area contributed by atoms with Crippen molar-refractivity contribution >= 4 is 34.7 Å². The molecule has 5 aromatic carbocycles. The van der Waals surface area contributed by atoms with E-state index in [1.54, 1.807) is 26.0 Å². The lowest BCUT2D eigenvalue weighted by molar-refractivity contribution is 0.0555. The van der Waals surface area contributed by atoms with Crippen LogP contribution in [0, 0.1) is 0 Å². The number of aliphatic hydroxyl groups excluding tert-OH is 1. The van der Waals surface area contributed by atoms with Crippen LogP contribution in [0.3, 0.4) is 0 Å². The molecule has 2 heterocycles. The van der Waals surface area contributed by atoms with Crippen molar-refractivity contribution in [1.82, 2.24) is 0 Å². The lowest BCUT2D eigenvalue weighted by atomic mass is 9.85. The molecule has 0 bridgehead atoms. The highest BCUT2D eigenvalue weighted by Crippen LogP contribution is 2.44. The van der Waals surface area contributed by atoms with Crippen molar-refractivity contribution in [2.45, 2.75) is 91.2 Å². The highest BCUT2D eigenvalue weighted by atomic mass is 16.6. The van der Waals surface area contributed by atoms with E-state index < -0.39 is 23.3 Å². The predicted molar refractivity (Wildman–Crippen MR) is 256 cm³/mol. The summed E-state index contributed by atoms with van der Waals surface area (Å²) >= 11 is 0. The lowest BCUT2D eigenvalue weighted by Gasteiger charge is -2.42. The number of fused-ring (bicyclic) bond motifs is 2. The van der Waals surface area contributed by atoms with Gasteiger partial charge in [-0.15, -0.1) is 0 Å². The van der Waals surface area contributed by atoms with Crippen LogP contribution in [0.2, 0.25) is 0 Å². The molecule has 0 aromatic heterocycles. The Labute approximate surface area is 368 Å². The summed E-state index contributed by atoms with van der Waals surface area (Å²) < 4.78 is 23.0. The zero-order chi connectivity index (χ0) is 44.8. The number of nitrogens with one attached hydrogen (secondary N) is 1. The van der Waals surface area contributed by atoms with Crippen LogP contribution in [0.5, 0.6) is 11.5 Å². The number of rotatable bonds is 10. The molecule has 5 aromatic rings. The molecule has 0 spiro atoms. The van der Waals surface area contributed by atoms with Crippen LogP contribution in [0.25, 0.3) is 39.5 Å². The van der Waals surface area contributed by atoms with Gasteiger partial charge in [-0.3, -0.25) is 4.90 Å². The number of amides is 1. The molecule has 62 heavy (non-hydrogen) atoms. The second-order valence-corrected chi connectivity index (χ2v) is 17.9. The summed E-state index contributed by atoms with van der Waals surface area (Å²) in [4.78, 5) is 14.8. The van der Waals surface area contributed by atoms with Crippen molar-refractivity contribution < 1.29 is 28.8 Å². The minimum absolute atomic E-state index is 0.0385. The monoisotopic (exact) mass is 834 g/mol. The highest BCUT2D eigenvalue weighted by molar-refractivity contribution is 5.99. The number of ether oxygens (including phenoxy) is 4. The van der Waals surface area contributed by atoms with Crippen LogP contribution in [-0.2, 0) is 9.47 Å². The van der Waals surface area contributed by atoms with Crippen molar-refractivity contribution in [1.29, 1.82) is 0 Å². The van der Waals surface area contributed by atoms with E-state index >= 15 is 0 Å². The van der Waals surface area contributed by atoms with E-state index in [4.69, 9.17) is 18.9 Å². The van der Waals surface area contributed by atoms with Gasteiger partial charge < -0.3 is 29.4 Å². The topological polar surface area (TPSA) is 89.5 Å². The first-order valence-electron chi connectivity index (χ1n) is 21.2. The van der Waals surface area contributed by atoms with Crippen molar-refractivity contribution in [2.24, 2.45) is 0 Å². The van der Waals surface area contributed by atoms with Gasteiger partial charge >= 0.3 is 6.09 Å². The second-order valence-electron chi connectivity index (χ2n) is 17.9. The summed E-state index contributed by atoms with van der Waals surface area (Å²) in [5.41, 5.74) is 9.67. The molecule has 2 aliphatic rings. The van der Waals surface area contributed by atoms with Crippen LogP contribution in [-0.4, -0.2) is 60.9 Å². The Morgan fingerprint density at radius 3 is 1.87 bits per heavy atom. The maximum atomic E-state index is 13.1. The van der Waals surface area contributed by atoms with Crippen LogP contribution in [0.4, 0.5) is 16.2 Å². The third kappa shape index (κ3) is 10.7. The summed E-state index contributed by atoms with van der Waals surface area (Å²) in [6.07, 6.45) is 7.26. The number of hydrogen-bond donors (Lipinski definition) is 2. The van der Waals surface area contributed by atoms with Gasteiger partial charge in [0.05, 0.1) is 49.8 Å². The quantitative estimate of drug-likeness (QED) is 0.145. The van der Waals surface area contributed by atoms with Gasteiger partial charge in [-0.05, 0) is 127 Å². The van der Waals surface area contributed by atoms with Crippen molar-refractivity contribution in [2.75, 3.05) is 31.0 Å². The largest absolute Gasteiger partial charge is 0.496 e. The minimum Gasteiger partial charge on any atom is -0.496 e. The molecule has 0 aliphatic carbocycles. The second kappa shape index (κ2) is 18.9. The Kier molecular flexibility index (Phi) is 13.8. The summed E-state index contributed by atoms with van der Waals surface area (Å²) in [6.45, 7) is 18.2. The van der Waals surface area contributed by atoms with E-state index in [2.05, 4.69) is 80.7 Å². The summed E-state index contributed by atoms with van der Waals surface area (Å²) in [7, 11) is 3.36. The van der Waals surface area contributed by atoms with Gasteiger partial charge in [-0.2, -0.15) is 0 Å². The molecular weight excluding hydrogens is 773 g/mol. The Balaban J connectivity index is 0.000000207. The SMILES string of the molecule is COc1ccccc1-c1ccc2c(c1)C(C(C)O)=CC(C)(C)N2C(=O)OC(C)(C)C.COc1ccccc1-c1ccc2c(c1)C(C(C)OC/C=C/c1ccccc1)=CC(C)(C)N2. The molecule has 0 saturated carbocycles. The Morgan fingerprint density at radius 2 is 1.29 bits per heavy atom. The smallest absolute Gasteiger partial charge is 0.415 e. The predicted octanol–water partition coefficient (Wildman–Crippen LogP) is 12.7. The van der Waals surface area contributed by atoms with Crippen LogP contribution in [0.15, 0.2) is 133 Å². The molecule has 8 nitrogen and oxygen atoms in total. The molecule has 0 saturated heterocycles. The molecule has 8 heteroatoms. The maximum Gasteiger partial charge on any atom is 0.415 e. The van der Waals surface area contributed by atoms with Crippen molar-refractivity contribution in [3.63, 3.8) is 0 Å². The summed E-state index contributed by atoms with van der Waals surface area (Å²) in [5, 5.41) is 14.1. The highest BCUT2D eigenvalue weighted by Gasteiger charge is 2.40. The molecule has 0 fully saturated rings. The van der Waals surface area contributed by atoms with Crippen molar-refractivity contribution in [3.05, 3.63) is 150 Å². The zero-order valence-electron chi connectivity index (χ0n) is 38.1. The van der Waals surface area contributed by atoms with E-state index in [9.17, 15) is 9.90 Å². The van der Waals surface area contributed by atoms with E-state index in [-0.39, 0.29) is 11.6 Å². The van der Waals surface area contributed by atoms with E-state index in [0.29, 0.717) is 12.3 Å². The molecule has 2 unspecified atom stereocenters. The number of methoxy groups -OCH3 is 2. The molecule has 1 amide bonds. The molecule has 7 rings (SSSR count). The number of carbonyl (C=O) groups excluding carboxylic acids is 1. The van der Waals surface area contributed by atoms with Gasteiger partial charge in [0.2, 0.25) is 0 Å². The molecule has 2 atom stereocenters. The normalized spacial score (nSPS) is 16.0. The first-order valence-corrected chi connectivity index (χ1v) is 21.2. The van der Waals surface area contributed by atoms with Gasteiger partial charge in [0.25, 0.3) is 0 Å². The number of aliphatic hydroxyl groups is 1. The van der Waals surface area contributed by atoms with E-state index in [0.717, 1.165) is 50.6 Å². The van der Waals surface area contributed by atoms with Crippen LogP contribution >= 0.6 is 0 Å². The fraction of sp³-hybridized carbons (Fsp3) is 0.315. The first kappa shape index (κ1) is 45.4. The number of anilines is 2. The van der Waals surface area contributed by atoms with Crippen LogP contribution < -0.4 is 19.7 Å². The average Bonchev–Trinajstić information content (AvgIpc) is 3.23. The van der Waals surface area contributed by atoms with E-state index in [1.807, 2.05) is 120 Å². The number of para-hydroxylation sites is 2. The zero-order valence-corrected chi connectivity index (χ0v) is 38.1. The van der Waals surface area contributed by atoms with E-state index in [1.165, 1.54) is 16.7 Å². The molecular formula is C54H62N2O6. The molecule has 0 radical (unpaired) electrons. The summed E-state index contributed by atoms with van der Waals surface area (Å²) in [6, 6.07) is 38.6. The maximum absolute atomic E-state index is 13.1. The lowest BCUT2D eigenvalue weighted by Crippen LogP contribution is -2.51. The fourth-order valence-corrected chi connectivity index (χ4v) is 8.00. The van der Waals surface area contributed by atoms with Crippen molar-refractivity contribution in [3.8, 4) is 33.8 Å². The standard InChI is InChI=1S/C29H31NO2.C25H31NO4/c1-21(32-18-10-13-22-11-6-5-7-12-22)26-20-29(2,3)30-27-17-16-23(19-25(26)27)24-14-8-9-15-28(24)31-4;1-16(27)20-15-25(5,6)26(23(28)30-24(2,3)4)21-13-12-17(14-19(20)21)18-10-8-9-11-22(18)29-7/h5-17,19-21,30H,18H2,1-4H3;8-16,27H,1-7H3/b13-10+;. The number of carbonyl (C=O) groups is 1. The van der Waals surface area contributed by atoms with Gasteiger partial charge in [0.1, 0.15) is 17.1 Å². The van der Waals surface area contributed by atoms with Gasteiger partial charge in [0, 0.05) is 27.9 Å². The Hall–Kier alpha value is -6.09. The van der Waals surface area contributed by atoms with Gasteiger partial charge in [0.15, 0.2) is 0 Å². The Morgan fingerprint density at radius 1 is 0.726 bits per heavy atom. The number of nitrogens with zero attached hydrogens (tertiary/aromatic N) is 1. The molecule has 2 aliphatic heterocycles. The van der Waals surface area contributed by atoms with Crippen LogP contribution in [0.1, 0.15) is 79.0 Å². The fourth-order valence-electron chi connectivity index (χ4n) is 8.00. The average molecular weight is 835 g/mol. The third-order valence-electron chi connectivity index (χ3n) is 10.8. The first-order chi connectivity index (χ1) is 29.4. The minimum atomic E-state index is -0.684. The summed E-state index contributed by atoms with van der Waals surface area (Å²) in [5.74, 6) is 1.64.